The van der Waals surface area contributed by atoms with E-state index in [2.05, 4.69) is 43.3 Å². The number of aromatic amines is 1. The molecule has 1 aliphatic heterocycles. The summed E-state index contributed by atoms with van der Waals surface area (Å²) in [7, 11) is 0. The molecule has 0 saturated carbocycles. The third-order valence-corrected chi connectivity index (χ3v) is 5.44. The molecular formula is C18H24N2OS. The molecule has 1 aromatic carbocycles. The molecule has 0 spiro atoms. The van der Waals surface area contributed by atoms with Crippen LogP contribution in [0.4, 0.5) is 0 Å². The number of H-pyrrole nitrogens is 1. The fraction of sp³-hybridized carbons (Fsp3) is 0.500. The van der Waals surface area contributed by atoms with Crippen molar-refractivity contribution in [1.82, 2.24) is 9.88 Å². The lowest BCUT2D eigenvalue weighted by Crippen LogP contribution is -2.41. The van der Waals surface area contributed by atoms with Crippen LogP contribution in [-0.4, -0.2) is 40.9 Å². The Balaban J connectivity index is 1.87. The summed E-state index contributed by atoms with van der Waals surface area (Å²) in [5.41, 5.74) is 4.14. The Hall–Kier alpha value is -1.42. The molecule has 1 aliphatic rings. The van der Waals surface area contributed by atoms with Gasteiger partial charge in [-0.15, -0.1) is 0 Å². The van der Waals surface area contributed by atoms with E-state index in [1.165, 1.54) is 17.4 Å². The molecule has 3 nitrogen and oxygen atoms in total. The number of aryl methyl sites for hydroxylation is 2. The van der Waals surface area contributed by atoms with Gasteiger partial charge in [-0.1, -0.05) is 11.6 Å². The van der Waals surface area contributed by atoms with Gasteiger partial charge < -0.3 is 9.88 Å². The number of thioether (sulfide) groups is 1. The largest absolute Gasteiger partial charge is 0.350 e. The molecule has 0 unspecified atom stereocenters. The van der Waals surface area contributed by atoms with Crippen molar-refractivity contribution in [3.8, 4) is 0 Å². The van der Waals surface area contributed by atoms with E-state index < -0.39 is 0 Å². The van der Waals surface area contributed by atoms with Gasteiger partial charge in [0, 0.05) is 24.0 Å². The van der Waals surface area contributed by atoms with Gasteiger partial charge in [0.25, 0.3) is 5.91 Å². The first kappa shape index (κ1) is 15.5. The van der Waals surface area contributed by atoms with E-state index in [4.69, 9.17) is 0 Å². The Bertz CT molecular complexity index is 690. The number of likely N-dealkylation sites (tertiary alicyclic amines) is 1. The zero-order valence-corrected chi connectivity index (χ0v) is 14.4. The molecule has 22 heavy (non-hydrogen) atoms. The number of amides is 1. The van der Waals surface area contributed by atoms with E-state index in [0.717, 1.165) is 42.0 Å². The summed E-state index contributed by atoms with van der Waals surface area (Å²) in [6, 6.07) is 6.31. The van der Waals surface area contributed by atoms with Gasteiger partial charge >= 0.3 is 0 Å². The van der Waals surface area contributed by atoms with Crippen molar-refractivity contribution in [2.24, 2.45) is 5.92 Å². The summed E-state index contributed by atoms with van der Waals surface area (Å²) in [4.78, 5) is 18.3. The molecule has 2 heterocycles. The Morgan fingerprint density at radius 1 is 1.41 bits per heavy atom. The smallest absolute Gasteiger partial charge is 0.270 e. The third-order valence-electron chi connectivity index (χ3n) is 4.64. The van der Waals surface area contributed by atoms with Crippen LogP contribution in [0.15, 0.2) is 18.2 Å². The van der Waals surface area contributed by atoms with E-state index in [9.17, 15) is 4.79 Å². The predicted molar refractivity (Wildman–Crippen MR) is 94.8 cm³/mol. The van der Waals surface area contributed by atoms with Crippen molar-refractivity contribution >= 4 is 28.6 Å². The van der Waals surface area contributed by atoms with Crippen LogP contribution in [0.3, 0.4) is 0 Å². The number of benzene rings is 1. The lowest BCUT2D eigenvalue weighted by Gasteiger charge is -2.32. The second-order valence-electron chi connectivity index (χ2n) is 6.39. The molecule has 118 valence electrons. The molecule has 4 heteroatoms. The number of nitrogens with zero attached hydrogens (tertiary/aromatic N) is 1. The minimum Gasteiger partial charge on any atom is -0.350 e. The highest BCUT2D eigenvalue weighted by Gasteiger charge is 2.26. The molecule has 1 saturated heterocycles. The highest BCUT2D eigenvalue weighted by Crippen LogP contribution is 2.26. The second-order valence-corrected chi connectivity index (χ2v) is 7.30. The average Bonchev–Trinajstić information content (AvgIpc) is 2.84. The average molecular weight is 316 g/mol. The van der Waals surface area contributed by atoms with Crippen LogP contribution in [0, 0.1) is 19.8 Å². The normalized spacial score (nSPS) is 18.9. The predicted octanol–water partition coefficient (Wildman–Crippen LogP) is 4.00. The van der Waals surface area contributed by atoms with Gasteiger partial charge in [-0.25, -0.2) is 0 Å². The first-order valence-corrected chi connectivity index (χ1v) is 9.36. The standard InChI is InChI=1S/C18H24N2OS/c1-12-6-7-16-15(9-12)13(2)17(19-16)18(21)20-8-4-5-14(10-20)11-22-3/h6-7,9,14,19H,4-5,8,10-11H2,1-3H3/t14-/m0/s1. The molecule has 1 N–H and O–H groups in total. The first-order valence-electron chi connectivity index (χ1n) is 7.97. The highest BCUT2D eigenvalue weighted by atomic mass is 32.2. The van der Waals surface area contributed by atoms with Crippen molar-refractivity contribution in [1.29, 1.82) is 0 Å². The number of carbonyl (C=O) groups excluding carboxylic acids is 1. The minimum atomic E-state index is 0.164. The molecule has 1 fully saturated rings. The number of hydrogen-bond acceptors (Lipinski definition) is 2. The molecule has 0 bridgehead atoms. The van der Waals surface area contributed by atoms with E-state index >= 15 is 0 Å². The van der Waals surface area contributed by atoms with Crippen molar-refractivity contribution < 1.29 is 4.79 Å². The van der Waals surface area contributed by atoms with E-state index in [0.29, 0.717) is 5.92 Å². The maximum Gasteiger partial charge on any atom is 0.270 e. The maximum absolute atomic E-state index is 12.9. The van der Waals surface area contributed by atoms with Crippen molar-refractivity contribution in [3.63, 3.8) is 0 Å². The summed E-state index contributed by atoms with van der Waals surface area (Å²) < 4.78 is 0. The molecule has 2 aromatic rings. The number of carbonyl (C=O) groups is 1. The van der Waals surface area contributed by atoms with Crippen LogP contribution in [0.5, 0.6) is 0 Å². The monoisotopic (exact) mass is 316 g/mol. The van der Waals surface area contributed by atoms with Gasteiger partial charge in [0.1, 0.15) is 5.69 Å². The van der Waals surface area contributed by atoms with Gasteiger partial charge in [-0.05, 0) is 62.3 Å². The summed E-state index contributed by atoms with van der Waals surface area (Å²) in [5.74, 6) is 1.95. The third kappa shape index (κ3) is 2.89. The first-order chi connectivity index (χ1) is 10.6. The maximum atomic E-state index is 12.9. The van der Waals surface area contributed by atoms with Crippen molar-refractivity contribution in [3.05, 3.63) is 35.0 Å². The van der Waals surface area contributed by atoms with Crippen molar-refractivity contribution in [2.45, 2.75) is 26.7 Å². The van der Waals surface area contributed by atoms with Crippen LogP contribution in [0.2, 0.25) is 0 Å². The van der Waals surface area contributed by atoms with Crippen molar-refractivity contribution in [2.75, 3.05) is 25.1 Å². The summed E-state index contributed by atoms with van der Waals surface area (Å²) in [6.45, 7) is 5.92. The molecule has 1 amide bonds. The van der Waals surface area contributed by atoms with Gasteiger partial charge in [-0.2, -0.15) is 11.8 Å². The molecule has 0 radical (unpaired) electrons. The van der Waals surface area contributed by atoms with Gasteiger partial charge in [-0.3, -0.25) is 4.79 Å². The molecule has 0 aliphatic carbocycles. The van der Waals surface area contributed by atoms with Crippen LogP contribution in [0.25, 0.3) is 10.9 Å². The Kier molecular flexibility index (Phi) is 4.48. The van der Waals surface area contributed by atoms with Gasteiger partial charge in [0.2, 0.25) is 0 Å². The zero-order chi connectivity index (χ0) is 15.7. The Labute approximate surface area is 136 Å². The minimum absolute atomic E-state index is 0.164. The van der Waals surface area contributed by atoms with Crippen LogP contribution >= 0.6 is 11.8 Å². The van der Waals surface area contributed by atoms with Gasteiger partial charge in [0.05, 0.1) is 0 Å². The number of hydrogen-bond donors (Lipinski definition) is 1. The quantitative estimate of drug-likeness (QED) is 0.929. The molecular weight excluding hydrogens is 292 g/mol. The zero-order valence-electron chi connectivity index (χ0n) is 13.6. The Morgan fingerprint density at radius 3 is 3.00 bits per heavy atom. The van der Waals surface area contributed by atoms with E-state index in [1.54, 1.807) is 0 Å². The Morgan fingerprint density at radius 2 is 2.23 bits per heavy atom. The topological polar surface area (TPSA) is 36.1 Å². The van der Waals surface area contributed by atoms with E-state index in [-0.39, 0.29) is 5.91 Å². The number of aromatic nitrogens is 1. The number of nitrogens with one attached hydrogen (secondary N) is 1. The molecule has 3 rings (SSSR count). The lowest BCUT2D eigenvalue weighted by molar-refractivity contribution is 0.0679. The summed E-state index contributed by atoms with van der Waals surface area (Å²) >= 11 is 1.88. The highest BCUT2D eigenvalue weighted by molar-refractivity contribution is 7.98. The fourth-order valence-electron chi connectivity index (χ4n) is 3.43. The SMILES string of the molecule is CSC[C@H]1CCCN(C(=O)c2[nH]c3ccc(C)cc3c2C)C1. The van der Waals surface area contributed by atoms with E-state index in [1.807, 2.05) is 16.7 Å². The number of fused-ring (bicyclic) bond motifs is 1. The molecule has 1 aromatic heterocycles. The lowest BCUT2D eigenvalue weighted by atomic mass is 9.99. The molecule has 1 atom stereocenters. The second kappa shape index (κ2) is 6.37. The fourth-order valence-corrected chi connectivity index (χ4v) is 4.18. The van der Waals surface area contributed by atoms with Gasteiger partial charge in [0.15, 0.2) is 0 Å². The summed E-state index contributed by atoms with van der Waals surface area (Å²) in [5, 5.41) is 1.17. The van der Waals surface area contributed by atoms with Crippen LogP contribution < -0.4 is 0 Å². The summed E-state index contributed by atoms with van der Waals surface area (Å²) in [6.07, 6.45) is 4.51. The van der Waals surface area contributed by atoms with Crippen LogP contribution in [0.1, 0.15) is 34.5 Å². The van der Waals surface area contributed by atoms with Crippen LogP contribution in [-0.2, 0) is 0 Å². The number of piperidine rings is 1. The number of rotatable bonds is 3.